The lowest BCUT2D eigenvalue weighted by Gasteiger charge is -2.25. The molecule has 5 nitrogen and oxygen atoms in total. The lowest BCUT2D eigenvalue weighted by atomic mass is 9.95. The molecule has 2 unspecified atom stereocenters. The van der Waals surface area contributed by atoms with Crippen molar-refractivity contribution in [1.29, 1.82) is 0 Å². The van der Waals surface area contributed by atoms with E-state index in [1.54, 1.807) is 0 Å². The summed E-state index contributed by atoms with van der Waals surface area (Å²) in [5, 5.41) is 0. The van der Waals surface area contributed by atoms with Crippen LogP contribution < -0.4 is 4.72 Å². The minimum atomic E-state index is -4.86. The lowest BCUT2D eigenvalue weighted by Crippen LogP contribution is -2.38. The molecule has 2 atom stereocenters. The summed E-state index contributed by atoms with van der Waals surface area (Å²) < 4.78 is 73.9. The first kappa shape index (κ1) is 16.3. The number of sulfonamides is 1. The van der Waals surface area contributed by atoms with Crippen molar-refractivity contribution < 1.29 is 25.1 Å². The molecule has 118 valence electrons. The first-order valence-electron chi connectivity index (χ1n) is 6.39. The highest BCUT2D eigenvalue weighted by Crippen LogP contribution is 2.23. The molecule has 9 heteroatoms. The number of hydrogen-bond donors (Lipinski definition) is 1. The number of nitrogens with one attached hydrogen (secondary N) is 1. The standard InChI is InChI=1S/C12H15F2NO4S2/c13-9-2-1-3-10(8-9)15-21(18,19)12-6-4-11(5-7-12)20(14,16)17/h4-7,9-10,15H,1-3,8H2. The molecule has 0 saturated heterocycles. The predicted octanol–water partition coefficient (Wildman–Crippen LogP) is 1.90. The van der Waals surface area contributed by atoms with Crippen LogP contribution in [0.25, 0.3) is 0 Å². The Kier molecular flexibility index (Phi) is 4.64. The average molecular weight is 339 g/mol. The molecule has 2 rings (SSSR count). The van der Waals surface area contributed by atoms with Gasteiger partial charge in [-0.05, 0) is 49.9 Å². The molecule has 0 heterocycles. The van der Waals surface area contributed by atoms with Gasteiger partial charge < -0.3 is 0 Å². The molecule has 0 radical (unpaired) electrons. The molecule has 1 aliphatic carbocycles. The van der Waals surface area contributed by atoms with Crippen LogP contribution in [-0.2, 0) is 20.2 Å². The Morgan fingerprint density at radius 1 is 1.00 bits per heavy atom. The van der Waals surface area contributed by atoms with Gasteiger partial charge >= 0.3 is 10.2 Å². The Morgan fingerprint density at radius 3 is 2.10 bits per heavy atom. The zero-order valence-corrected chi connectivity index (χ0v) is 12.6. The molecule has 1 N–H and O–H groups in total. The summed E-state index contributed by atoms with van der Waals surface area (Å²) in [6.07, 6.45) is 0.687. The van der Waals surface area contributed by atoms with Crippen LogP contribution in [0.2, 0.25) is 0 Å². The van der Waals surface area contributed by atoms with Gasteiger partial charge in [-0.25, -0.2) is 17.5 Å². The second-order valence-corrected chi connectivity index (χ2v) is 8.05. The van der Waals surface area contributed by atoms with Crippen LogP contribution in [0.4, 0.5) is 8.28 Å². The summed E-state index contributed by atoms with van der Waals surface area (Å²) in [6, 6.07) is 3.28. The van der Waals surface area contributed by atoms with Gasteiger partial charge in [-0.2, -0.15) is 8.42 Å². The molecule has 1 aromatic rings. The van der Waals surface area contributed by atoms with Gasteiger partial charge in [-0.3, -0.25) is 0 Å². The van der Waals surface area contributed by atoms with E-state index in [0.29, 0.717) is 19.3 Å². The summed E-state index contributed by atoms with van der Waals surface area (Å²) in [7, 11) is -8.74. The van der Waals surface area contributed by atoms with Crippen LogP contribution in [0.15, 0.2) is 34.1 Å². The van der Waals surface area contributed by atoms with Gasteiger partial charge in [0.1, 0.15) is 6.17 Å². The minimum Gasteiger partial charge on any atom is -0.247 e. The third kappa shape index (κ3) is 4.21. The largest absolute Gasteiger partial charge is 0.332 e. The van der Waals surface area contributed by atoms with E-state index in [0.717, 1.165) is 24.3 Å². The average Bonchev–Trinajstić information content (AvgIpc) is 2.37. The van der Waals surface area contributed by atoms with Crippen molar-refractivity contribution in [2.75, 3.05) is 0 Å². The molecular formula is C12H15F2NO4S2. The monoisotopic (exact) mass is 339 g/mol. The minimum absolute atomic E-state index is 0.121. The number of halogens is 2. The van der Waals surface area contributed by atoms with Crippen molar-refractivity contribution in [3.63, 3.8) is 0 Å². The zero-order valence-electron chi connectivity index (χ0n) is 11.0. The number of alkyl halides is 1. The van der Waals surface area contributed by atoms with Gasteiger partial charge in [-0.15, -0.1) is 3.89 Å². The van der Waals surface area contributed by atoms with Crippen molar-refractivity contribution in [3.8, 4) is 0 Å². The lowest BCUT2D eigenvalue weighted by molar-refractivity contribution is 0.225. The van der Waals surface area contributed by atoms with Gasteiger partial charge in [0, 0.05) is 6.04 Å². The van der Waals surface area contributed by atoms with E-state index in [1.807, 2.05) is 0 Å². The van der Waals surface area contributed by atoms with Crippen molar-refractivity contribution >= 4 is 20.2 Å². The van der Waals surface area contributed by atoms with E-state index in [-0.39, 0.29) is 11.3 Å². The van der Waals surface area contributed by atoms with E-state index >= 15 is 0 Å². The Balaban J connectivity index is 2.16. The fourth-order valence-corrected chi connectivity index (χ4v) is 4.05. The molecular weight excluding hydrogens is 324 g/mol. The quantitative estimate of drug-likeness (QED) is 0.850. The summed E-state index contributed by atoms with van der Waals surface area (Å²) in [4.78, 5) is -0.793. The van der Waals surface area contributed by atoms with E-state index < -0.39 is 37.4 Å². The first-order valence-corrected chi connectivity index (χ1v) is 9.26. The van der Waals surface area contributed by atoms with Crippen molar-refractivity contribution in [1.82, 2.24) is 4.72 Å². The Morgan fingerprint density at radius 2 is 1.57 bits per heavy atom. The molecule has 21 heavy (non-hydrogen) atoms. The van der Waals surface area contributed by atoms with Crippen LogP contribution in [0.1, 0.15) is 25.7 Å². The SMILES string of the molecule is O=S(=O)(F)c1ccc(S(=O)(=O)NC2CCCC(F)C2)cc1. The Hall–Kier alpha value is -1.06. The molecule has 1 saturated carbocycles. The molecule has 1 fully saturated rings. The smallest absolute Gasteiger partial charge is 0.247 e. The van der Waals surface area contributed by atoms with Crippen molar-refractivity contribution in [2.45, 2.75) is 47.7 Å². The Bertz CT molecular complexity index is 701. The first-order chi connectivity index (χ1) is 9.68. The maximum atomic E-state index is 13.3. The second kappa shape index (κ2) is 5.98. The number of rotatable bonds is 4. The van der Waals surface area contributed by atoms with E-state index in [9.17, 15) is 25.1 Å². The maximum Gasteiger partial charge on any atom is 0.332 e. The third-order valence-corrected chi connectivity index (χ3v) is 5.72. The van der Waals surface area contributed by atoms with Gasteiger partial charge in [0.05, 0.1) is 9.79 Å². The second-order valence-electron chi connectivity index (χ2n) is 4.99. The molecule has 0 amide bonds. The highest BCUT2D eigenvalue weighted by molar-refractivity contribution is 7.89. The molecule has 0 spiro atoms. The summed E-state index contributed by atoms with van der Waals surface area (Å²) >= 11 is 0. The summed E-state index contributed by atoms with van der Waals surface area (Å²) in [5.41, 5.74) is 0. The predicted molar refractivity (Wildman–Crippen MR) is 72.2 cm³/mol. The summed E-state index contributed by atoms with van der Waals surface area (Å²) in [6.45, 7) is 0. The van der Waals surface area contributed by atoms with Crippen LogP contribution in [0.3, 0.4) is 0 Å². The van der Waals surface area contributed by atoms with Crippen LogP contribution in [-0.4, -0.2) is 29.0 Å². The van der Waals surface area contributed by atoms with Crippen molar-refractivity contribution in [3.05, 3.63) is 24.3 Å². The third-order valence-electron chi connectivity index (χ3n) is 3.35. The molecule has 0 aromatic heterocycles. The van der Waals surface area contributed by atoms with Gasteiger partial charge in [0.2, 0.25) is 10.0 Å². The maximum absolute atomic E-state index is 13.3. The number of benzene rings is 1. The van der Waals surface area contributed by atoms with Crippen LogP contribution in [0, 0.1) is 0 Å². The molecule has 0 aliphatic heterocycles. The van der Waals surface area contributed by atoms with Gasteiger partial charge in [0.25, 0.3) is 0 Å². The topological polar surface area (TPSA) is 80.3 Å². The van der Waals surface area contributed by atoms with E-state index in [2.05, 4.69) is 4.72 Å². The highest BCUT2D eigenvalue weighted by Gasteiger charge is 2.26. The van der Waals surface area contributed by atoms with Crippen LogP contribution >= 0.6 is 0 Å². The fourth-order valence-electron chi connectivity index (χ4n) is 2.31. The molecule has 1 aliphatic rings. The zero-order chi connectivity index (χ0) is 15.7. The summed E-state index contributed by atoms with van der Waals surface area (Å²) in [5.74, 6) is 0. The van der Waals surface area contributed by atoms with E-state index in [4.69, 9.17) is 0 Å². The fraction of sp³-hybridized carbons (Fsp3) is 0.500. The molecule has 0 bridgehead atoms. The van der Waals surface area contributed by atoms with Crippen molar-refractivity contribution in [2.24, 2.45) is 0 Å². The highest BCUT2D eigenvalue weighted by atomic mass is 32.3. The Labute approximate surface area is 122 Å². The van der Waals surface area contributed by atoms with Gasteiger partial charge in [-0.1, -0.05) is 0 Å². The van der Waals surface area contributed by atoms with Gasteiger partial charge in [0.15, 0.2) is 0 Å². The van der Waals surface area contributed by atoms with E-state index in [1.165, 1.54) is 0 Å². The normalized spacial score (nSPS) is 23.9. The van der Waals surface area contributed by atoms with Crippen LogP contribution in [0.5, 0.6) is 0 Å². The number of hydrogen-bond acceptors (Lipinski definition) is 4. The molecule has 1 aromatic carbocycles.